The Bertz CT molecular complexity index is 635. The van der Waals surface area contributed by atoms with E-state index in [0.29, 0.717) is 12.1 Å². The molecule has 1 aromatic rings. The second-order valence-corrected chi connectivity index (χ2v) is 6.50. The Kier molecular flexibility index (Phi) is 5.13. The molecule has 1 heterocycles. The van der Waals surface area contributed by atoms with Gasteiger partial charge in [-0.15, -0.1) is 0 Å². The van der Waals surface area contributed by atoms with Crippen LogP contribution in [0.4, 0.5) is 4.39 Å². The molecular weight excluding hydrogens is 299 g/mol. The van der Waals surface area contributed by atoms with E-state index in [0.717, 1.165) is 0 Å². The Hall–Kier alpha value is -2.24. The summed E-state index contributed by atoms with van der Waals surface area (Å²) < 4.78 is 18.7. The molecule has 0 aromatic heterocycles. The summed E-state index contributed by atoms with van der Waals surface area (Å²) in [6, 6.07) is 6.11. The van der Waals surface area contributed by atoms with Crippen molar-refractivity contribution in [1.82, 2.24) is 5.43 Å². The molecule has 1 aliphatic heterocycles. The first-order chi connectivity index (χ1) is 10.8. The molecule has 0 unspecified atom stereocenters. The third kappa shape index (κ3) is 4.15. The number of carbonyl (C=O) groups is 2. The van der Waals surface area contributed by atoms with Gasteiger partial charge < -0.3 is 4.74 Å². The lowest BCUT2D eigenvalue weighted by atomic mass is 9.80. The lowest BCUT2D eigenvalue weighted by Gasteiger charge is -2.21. The number of benzene rings is 1. The van der Waals surface area contributed by atoms with Crippen LogP contribution in [0.5, 0.6) is 5.75 Å². The molecule has 0 radical (unpaired) electrons. The topological polar surface area (TPSA) is 67.8 Å². The number of nitrogens with one attached hydrogen (secondary N) is 1. The number of hydrogen-bond donors (Lipinski definition) is 1. The predicted molar refractivity (Wildman–Crippen MR) is 84.7 cm³/mol. The average Bonchev–Trinajstić information content (AvgIpc) is 2.87. The van der Waals surface area contributed by atoms with Gasteiger partial charge in [-0.1, -0.05) is 32.9 Å². The summed E-state index contributed by atoms with van der Waals surface area (Å²) in [6.07, 6.45) is 0.593. The molecule has 2 rings (SSSR count). The van der Waals surface area contributed by atoms with Crippen molar-refractivity contribution in [2.75, 3.05) is 6.61 Å². The van der Waals surface area contributed by atoms with Crippen LogP contribution < -0.4 is 10.2 Å². The zero-order valence-corrected chi connectivity index (χ0v) is 13.6. The van der Waals surface area contributed by atoms with Gasteiger partial charge in [-0.2, -0.15) is 5.10 Å². The van der Waals surface area contributed by atoms with Crippen molar-refractivity contribution >= 4 is 17.4 Å². The first-order valence-electron chi connectivity index (χ1n) is 7.58. The monoisotopic (exact) mass is 320 g/mol. The Morgan fingerprint density at radius 1 is 1.35 bits per heavy atom. The zero-order chi connectivity index (χ0) is 17.0. The van der Waals surface area contributed by atoms with Crippen LogP contribution in [0.25, 0.3) is 0 Å². The van der Waals surface area contributed by atoms with Gasteiger partial charge in [0.2, 0.25) is 0 Å². The van der Waals surface area contributed by atoms with Gasteiger partial charge >= 0.3 is 0 Å². The lowest BCUT2D eigenvalue weighted by molar-refractivity contribution is -0.130. The quantitative estimate of drug-likeness (QED) is 0.647. The number of Topliss-reactive ketones (excluding diaryl/α,β-unsaturated/α-hetero) is 1. The Morgan fingerprint density at radius 2 is 2.04 bits per heavy atom. The molecule has 6 heteroatoms. The Morgan fingerprint density at radius 3 is 2.70 bits per heavy atom. The van der Waals surface area contributed by atoms with Gasteiger partial charge in [0.25, 0.3) is 5.91 Å². The van der Waals surface area contributed by atoms with Gasteiger partial charge in [0, 0.05) is 11.8 Å². The molecule has 0 fully saturated rings. The maximum absolute atomic E-state index is 13.4. The van der Waals surface area contributed by atoms with Crippen LogP contribution in [0.3, 0.4) is 0 Å². The highest BCUT2D eigenvalue weighted by Gasteiger charge is 2.41. The van der Waals surface area contributed by atoms with E-state index >= 15 is 0 Å². The van der Waals surface area contributed by atoms with Crippen LogP contribution in [0.15, 0.2) is 29.4 Å². The molecule has 1 aliphatic rings. The van der Waals surface area contributed by atoms with Crippen LogP contribution in [0.1, 0.15) is 33.6 Å². The lowest BCUT2D eigenvalue weighted by Crippen LogP contribution is -2.36. The molecule has 0 aliphatic carbocycles. The van der Waals surface area contributed by atoms with Crippen molar-refractivity contribution in [3.8, 4) is 5.75 Å². The first-order valence-corrected chi connectivity index (χ1v) is 7.58. The van der Waals surface area contributed by atoms with E-state index in [1.807, 2.05) is 20.8 Å². The van der Waals surface area contributed by atoms with Crippen molar-refractivity contribution in [2.45, 2.75) is 33.6 Å². The SMILES string of the molecule is CC(C)(C)C1=NNC(=O)[C@H]1C(=O)CCCOc1ccccc1F. The second kappa shape index (κ2) is 6.89. The molecule has 0 bridgehead atoms. The summed E-state index contributed by atoms with van der Waals surface area (Å²) in [6.45, 7) is 5.94. The second-order valence-electron chi connectivity index (χ2n) is 6.50. The van der Waals surface area contributed by atoms with Crippen LogP contribution in [-0.4, -0.2) is 24.0 Å². The largest absolute Gasteiger partial charge is 0.491 e. The van der Waals surface area contributed by atoms with E-state index in [1.54, 1.807) is 12.1 Å². The van der Waals surface area contributed by atoms with Crippen LogP contribution in [0, 0.1) is 17.2 Å². The van der Waals surface area contributed by atoms with Gasteiger partial charge in [0.1, 0.15) is 5.92 Å². The third-order valence-electron chi connectivity index (χ3n) is 3.57. The summed E-state index contributed by atoms with van der Waals surface area (Å²) in [4.78, 5) is 24.2. The van der Waals surface area contributed by atoms with E-state index in [9.17, 15) is 14.0 Å². The predicted octanol–water partition coefficient (Wildman–Crippen LogP) is 2.70. The molecule has 124 valence electrons. The van der Waals surface area contributed by atoms with E-state index in [-0.39, 0.29) is 35.9 Å². The normalized spacial score (nSPS) is 17.7. The average molecular weight is 320 g/mol. The number of amides is 1. The number of hydrazone groups is 1. The molecule has 1 aromatic carbocycles. The summed E-state index contributed by atoms with van der Waals surface area (Å²) in [5.74, 6) is -1.67. The maximum atomic E-state index is 13.4. The van der Waals surface area contributed by atoms with E-state index < -0.39 is 11.7 Å². The van der Waals surface area contributed by atoms with Crippen LogP contribution >= 0.6 is 0 Å². The standard InChI is InChI=1S/C17H21FN2O3/c1-17(2,3)15-14(16(22)20-19-15)12(21)8-6-10-23-13-9-5-4-7-11(13)18/h4-5,7,9,14H,6,8,10H2,1-3H3,(H,20,22)/t14-/m0/s1. The Labute approximate surface area is 134 Å². The summed E-state index contributed by atoms with van der Waals surface area (Å²) in [5, 5.41) is 3.99. The van der Waals surface area contributed by atoms with E-state index in [2.05, 4.69) is 10.5 Å². The van der Waals surface area contributed by atoms with Gasteiger partial charge in [-0.25, -0.2) is 9.82 Å². The number of rotatable bonds is 6. The number of ketones is 1. The smallest absolute Gasteiger partial charge is 0.256 e. The minimum Gasteiger partial charge on any atom is -0.491 e. The molecular formula is C17H21FN2O3. The molecule has 1 N–H and O–H groups in total. The van der Waals surface area contributed by atoms with Crippen molar-refractivity contribution in [2.24, 2.45) is 16.4 Å². The molecule has 1 amide bonds. The molecule has 0 spiro atoms. The third-order valence-corrected chi connectivity index (χ3v) is 3.57. The van der Waals surface area contributed by atoms with Crippen molar-refractivity contribution in [1.29, 1.82) is 0 Å². The van der Waals surface area contributed by atoms with Crippen molar-refractivity contribution < 1.29 is 18.7 Å². The highest BCUT2D eigenvalue weighted by Crippen LogP contribution is 2.26. The van der Waals surface area contributed by atoms with Gasteiger partial charge in [0.05, 0.1) is 12.3 Å². The van der Waals surface area contributed by atoms with Crippen LogP contribution in [0.2, 0.25) is 0 Å². The molecule has 0 saturated carbocycles. The fraction of sp³-hybridized carbons (Fsp3) is 0.471. The Balaban J connectivity index is 1.86. The molecule has 0 saturated heterocycles. The minimum absolute atomic E-state index is 0.163. The van der Waals surface area contributed by atoms with Crippen molar-refractivity contribution in [3.05, 3.63) is 30.1 Å². The fourth-order valence-corrected chi connectivity index (χ4v) is 2.40. The van der Waals surface area contributed by atoms with Crippen LogP contribution in [-0.2, 0) is 9.59 Å². The summed E-state index contributed by atoms with van der Waals surface area (Å²) in [7, 11) is 0. The van der Waals surface area contributed by atoms with E-state index in [1.165, 1.54) is 12.1 Å². The summed E-state index contributed by atoms with van der Waals surface area (Å²) >= 11 is 0. The summed E-state index contributed by atoms with van der Waals surface area (Å²) in [5.41, 5.74) is 2.58. The number of hydrogen-bond acceptors (Lipinski definition) is 4. The number of para-hydroxylation sites is 1. The van der Waals surface area contributed by atoms with Gasteiger partial charge in [0.15, 0.2) is 17.3 Å². The zero-order valence-electron chi connectivity index (χ0n) is 13.6. The van der Waals surface area contributed by atoms with E-state index in [4.69, 9.17) is 4.74 Å². The maximum Gasteiger partial charge on any atom is 0.256 e. The van der Waals surface area contributed by atoms with Gasteiger partial charge in [-0.3, -0.25) is 9.59 Å². The molecule has 23 heavy (non-hydrogen) atoms. The first kappa shape index (κ1) is 17.1. The van der Waals surface area contributed by atoms with Gasteiger partial charge in [-0.05, 0) is 18.6 Å². The number of nitrogens with zero attached hydrogens (tertiary/aromatic N) is 1. The molecule has 5 nitrogen and oxygen atoms in total. The number of ether oxygens (including phenoxy) is 1. The number of carbonyl (C=O) groups excluding carboxylic acids is 2. The van der Waals surface area contributed by atoms with Crippen molar-refractivity contribution in [3.63, 3.8) is 0 Å². The highest BCUT2D eigenvalue weighted by molar-refractivity contribution is 6.24. The molecule has 1 atom stereocenters. The fourth-order valence-electron chi connectivity index (χ4n) is 2.40. The number of halogens is 1. The minimum atomic E-state index is -0.830. The highest BCUT2D eigenvalue weighted by atomic mass is 19.1.